The highest BCUT2D eigenvalue weighted by Gasteiger charge is 2.12. The Morgan fingerprint density at radius 1 is 1.18 bits per heavy atom. The first-order valence-corrected chi connectivity index (χ1v) is 5.97. The van der Waals surface area contributed by atoms with E-state index in [2.05, 4.69) is 17.0 Å². The van der Waals surface area contributed by atoms with E-state index in [4.69, 9.17) is 5.73 Å². The van der Waals surface area contributed by atoms with Crippen molar-refractivity contribution in [2.45, 2.75) is 25.3 Å². The maximum Gasteiger partial charge on any atom is 0.0912 e. The molecule has 0 unspecified atom stereocenters. The summed E-state index contributed by atoms with van der Waals surface area (Å²) in [7, 11) is 0. The minimum Gasteiger partial charge on any atom is -0.372 e. The van der Waals surface area contributed by atoms with Crippen molar-refractivity contribution in [3.8, 4) is 0 Å². The van der Waals surface area contributed by atoms with Crippen LogP contribution < -0.4 is 10.6 Å². The fraction of sp³-hybridized carbons (Fsp3) is 0.538. The summed E-state index contributed by atoms with van der Waals surface area (Å²) in [6, 6.07) is 8.07. The topological polar surface area (TPSA) is 29.3 Å². The number of hydrogen-bond donors (Lipinski definition) is 1. The smallest absolute Gasteiger partial charge is 0.0912 e. The van der Waals surface area contributed by atoms with Gasteiger partial charge in [-0.1, -0.05) is 12.1 Å². The Morgan fingerprint density at radius 3 is 2.29 bits per heavy atom. The molecular formula is C13H20ClFN2. The minimum atomic E-state index is -0.352. The first-order valence-electron chi connectivity index (χ1n) is 5.97. The molecule has 1 saturated heterocycles. The van der Waals surface area contributed by atoms with Crippen LogP contribution in [0.1, 0.15) is 30.9 Å². The Morgan fingerprint density at radius 2 is 1.76 bits per heavy atom. The number of anilines is 1. The molecule has 2 N–H and O–H groups in total. The zero-order valence-corrected chi connectivity index (χ0v) is 10.8. The Bertz CT molecular complexity index is 323. The van der Waals surface area contributed by atoms with E-state index in [1.807, 2.05) is 12.1 Å². The van der Waals surface area contributed by atoms with Crippen molar-refractivity contribution in [2.75, 3.05) is 24.7 Å². The normalized spacial score (nSPS) is 16.7. The maximum atomic E-state index is 12.2. The molecule has 17 heavy (non-hydrogen) atoms. The van der Waals surface area contributed by atoms with Crippen LogP contribution in [0.4, 0.5) is 10.1 Å². The fourth-order valence-corrected chi connectivity index (χ4v) is 2.19. The second-order valence-corrected chi connectivity index (χ2v) is 4.37. The maximum absolute atomic E-state index is 12.2. The lowest BCUT2D eigenvalue weighted by Crippen LogP contribution is -2.17. The fourth-order valence-electron chi connectivity index (χ4n) is 2.19. The van der Waals surface area contributed by atoms with Crippen LogP contribution in [0.15, 0.2) is 24.3 Å². The minimum absolute atomic E-state index is 0. The summed E-state index contributed by atoms with van der Waals surface area (Å²) in [6.07, 6.45) is 2.97. The van der Waals surface area contributed by atoms with Gasteiger partial charge in [-0.2, -0.15) is 0 Å². The van der Waals surface area contributed by atoms with E-state index in [0.29, 0.717) is 6.42 Å². The number of benzene rings is 1. The largest absolute Gasteiger partial charge is 0.372 e. The summed E-state index contributed by atoms with van der Waals surface area (Å²) in [6.45, 7) is 1.95. The SMILES string of the molecule is Cl.N[C@H](CCF)c1ccc(N2CCCC2)cc1. The molecule has 2 nitrogen and oxygen atoms in total. The molecule has 1 aliphatic heterocycles. The summed E-state index contributed by atoms with van der Waals surface area (Å²) in [4.78, 5) is 2.38. The van der Waals surface area contributed by atoms with Crippen LogP contribution >= 0.6 is 12.4 Å². The first kappa shape index (κ1) is 14.3. The lowest BCUT2D eigenvalue weighted by molar-refractivity contribution is 0.442. The average molecular weight is 259 g/mol. The molecule has 1 aromatic carbocycles. The van der Waals surface area contributed by atoms with Gasteiger partial charge in [-0.3, -0.25) is 4.39 Å². The van der Waals surface area contributed by atoms with Crippen LogP contribution in [0.2, 0.25) is 0 Å². The van der Waals surface area contributed by atoms with Gasteiger partial charge in [0.05, 0.1) is 6.67 Å². The number of halogens is 2. The predicted molar refractivity (Wildman–Crippen MR) is 72.7 cm³/mol. The molecule has 0 aromatic heterocycles. The number of alkyl halides is 1. The van der Waals surface area contributed by atoms with Gasteiger partial charge >= 0.3 is 0 Å². The lowest BCUT2D eigenvalue weighted by Gasteiger charge is -2.18. The standard InChI is InChI=1S/C13H19FN2.ClH/c14-8-7-13(15)11-3-5-12(6-4-11)16-9-1-2-10-16;/h3-6,13H,1-2,7-10,15H2;1H/t13-;/m1./s1. The molecule has 1 atom stereocenters. The second kappa shape index (κ2) is 6.82. The molecule has 96 valence electrons. The van der Waals surface area contributed by atoms with Crippen LogP contribution in [0, 0.1) is 0 Å². The van der Waals surface area contributed by atoms with Crippen LogP contribution in [-0.4, -0.2) is 19.8 Å². The van der Waals surface area contributed by atoms with Gasteiger partial charge in [-0.15, -0.1) is 12.4 Å². The van der Waals surface area contributed by atoms with Crippen LogP contribution in [0.25, 0.3) is 0 Å². The van der Waals surface area contributed by atoms with E-state index in [1.54, 1.807) is 0 Å². The molecule has 1 aliphatic rings. The third-order valence-corrected chi connectivity index (χ3v) is 3.21. The molecule has 4 heteroatoms. The molecule has 0 aliphatic carbocycles. The molecule has 1 heterocycles. The van der Waals surface area contributed by atoms with Crippen molar-refractivity contribution in [3.05, 3.63) is 29.8 Å². The third kappa shape index (κ3) is 3.58. The Hall–Kier alpha value is -0.800. The van der Waals surface area contributed by atoms with Gasteiger partial charge in [0.1, 0.15) is 0 Å². The quantitative estimate of drug-likeness (QED) is 0.899. The zero-order valence-electron chi connectivity index (χ0n) is 9.94. The predicted octanol–water partition coefficient (Wildman–Crippen LogP) is 3.07. The van der Waals surface area contributed by atoms with E-state index in [1.165, 1.54) is 18.5 Å². The van der Waals surface area contributed by atoms with E-state index >= 15 is 0 Å². The summed E-state index contributed by atoms with van der Waals surface area (Å²) < 4.78 is 12.2. The first-order chi connectivity index (χ1) is 7.81. The van der Waals surface area contributed by atoms with Gasteiger partial charge in [-0.05, 0) is 37.0 Å². The summed E-state index contributed by atoms with van der Waals surface area (Å²) in [5, 5.41) is 0. The molecule has 0 radical (unpaired) electrons. The van der Waals surface area contributed by atoms with Crippen LogP contribution in [0.3, 0.4) is 0 Å². The zero-order chi connectivity index (χ0) is 11.4. The molecule has 1 fully saturated rings. The van der Waals surface area contributed by atoms with Crippen molar-refractivity contribution in [2.24, 2.45) is 5.73 Å². The van der Waals surface area contributed by atoms with Crippen LogP contribution in [0.5, 0.6) is 0 Å². The number of nitrogens with two attached hydrogens (primary N) is 1. The van der Waals surface area contributed by atoms with E-state index in [9.17, 15) is 4.39 Å². The molecule has 0 amide bonds. The van der Waals surface area contributed by atoms with Gasteiger partial charge in [0, 0.05) is 24.8 Å². The highest BCUT2D eigenvalue weighted by molar-refractivity contribution is 5.85. The number of nitrogens with zero attached hydrogens (tertiary/aromatic N) is 1. The van der Waals surface area contributed by atoms with Crippen molar-refractivity contribution in [1.82, 2.24) is 0 Å². The average Bonchev–Trinajstić information content (AvgIpc) is 2.83. The highest BCUT2D eigenvalue weighted by atomic mass is 35.5. The number of hydrogen-bond acceptors (Lipinski definition) is 2. The highest BCUT2D eigenvalue weighted by Crippen LogP contribution is 2.22. The lowest BCUT2D eigenvalue weighted by atomic mass is 10.0. The van der Waals surface area contributed by atoms with Crippen molar-refractivity contribution in [1.29, 1.82) is 0 Å². The van der Waals surface area contributed by atoms with Gasteiger partial charge in [0.2, 0.25) is 0 Å². The van der Waals surface area contributed by atoms with E-state index < -0.39 is 0 Å². The van der Waals surface area contributed by atoms with Crippen molar-refractivity contribution in [3.63, 3.8) is 0 Å². The number of rotatable bonds is 4. The van der Waals surface area contributed by atoms with Gasteiger partial charge < -0.3 is 10.6 Å². The Kier molecular flexibility index (Phi) is 5.72. The van der Waals surface area contributed by atoms with Gasteiger partial charge in [0.25, 0.3) is 0 Å². The second-order valence-electron chi connectivity index (χ2n) is 4.37. The molecule has 0 saturated carbocycles. The summed E-state index contributed by atoms with van der Waals surface area (Å²) in [5.74, 6) is 0. The van der Waals surface area contributed by atoms with Gasteiger partial charge in [-0.25, -0.2) is 0 Å². The molecule has 0 bridgehead atoms. The molecule has 2 rings (SSSR count). The van der Waals surface area contributed by atoms with Crippen molar-refractivity contribution < 1.29 is 4.39 Å². The molecular weight excluding hydrogens is 239 g/mol. The summed E-state index contributed by atoms with van der Waals surface area (Å²) >= 11 is 0. The Labute approximate surface area is 108 Å². The van der Waals surface area contributed by atoms with Gasteiger partial charge in [0.15, 0.2) is 0 Å². The monoisotopic (exact) mass is 258 g/mol. The van der Waals surface area contributed by atoms with Crippen molar-refractivity contribution >= 4 is 18.1 Å². The Balaban J connectivity index is 0.00000144. The van der Waals surface area contributed by atoms with E-state index in [-0.39, 0.29) is 25.1 Å². The summed E-state index contributed by atoms with van der Waals surface area (Å²) in [5.41, 5.74) is 8.14. The van der Waals surface area contributed by atoms with Crippen LogP contribution in [-0.2, 0) is 0 Å². The van der Waals surface area contributed by atoms with E-state index in [0.717, 1.165) is 18.7 Å². The molecule has 0 spiro atoms. The third-order valence-electron chi connectivity index (χ3n) is 3.21. The molecule has 1 aromatic rings.